The van der Waals surface area contributed by atoms with E-state index < -0.39 is 0 Å². The van der Waals surface area contributed by atoms with Crippen molar-refractivity contribution in [2.24, 2.45) is 5.10 Å². The molecule has 2 aromatic heterocycles. The minimum Gasteiger partial charge on any atom is -0.383 e. The highest BCUT2D eigenvalue weighted by Crippen LogP contribution is 2.28. The van der Waals surface area contributed by atoms with Gasteiger partial charge in [-0.1, -0.05) is 82.9 Å². The van der Waals surface area contributed by atoms with Gasteiger partial charge in [-0.3, -0.25) is 4.79 Å². The Balaban J connectivity index is 1.68. The summed E-state index contributed by atoms with van der Waals surface area (Å²) < 4.78 is 1.52. The van der Waals surface area contributed by atoms with Gasteiger partial charge in [0.1, 0.15) is 16.9 Å². The second kappa shape index (κ2) is 11.1. The van der Waals surface area contributed by atoms with Crippen molar-refractivity contribution in [3.8, 4) is 0 Å². The molecule has 0 spiro atoms. The van der Waals surface area contributed by atoms with Crippen LogP contribution >= 0.6 is 0 Å². The first-order chi connectivity index (χ1) is 17.0. The van der Waals surface area contributed by atoms with Crippen LogP contribution in [0, 0.1) is 0 Å². The number of carbonyl (C=O) groups excluding carboxylic acids is 1. The molecule has 0 atom stereocenters. The molecule has 7 heteroatoms. The average molecular weight is 471 g/mol. The fourth-order valence-corrected chi connectivity index (χ4v) is 4.10. The molecule has 3 N–H and O–H groups in total. The Kier molecular flexibility index (Phi) is 7.75. The molecule has 7 nitrogen and oxygen atoms in total. The van der Waals surface area contributed by atoms with Gasteiger partial charge in [-0.15, -0.1) is 0 Å². The molecule has 2 aromatic carbocycles. The normalized spacial score (nSPS) is 11.8. The van der Waals surface area contributed by atoms with Crippen LogP contribution in [-0.2, 0) is 0 Å². The van der Waals surface area contributed by atoms with Crippen molar-refractivity contribution in [1.82, 2.24) is 20.0 Å². The van der Waals surface area contributed by atoms with Gasteiger partial charge < -0.3 is 11.1 Å². The molecule has 0 saturated carbocycles. The summed E-state index contributed by atoms with van der Waals surface area (Å²) in [5.41, 5.74) is 11.3. The van der Waals surface area contributed by atoms with Crippen LogP contribution in [0.4, 0.5) is 5.82 Å². The number of hydrogen-bond donors (Lipinski definition) is 2. The maximum absolute atomic E-state index is 13.2. The Morgan fingerprint density at radius 3 is 2.40 bits per heavy atom. The zero-order chi connectivity index (χ0) is 24.8. The number of nitrogens with zero attached hydrogens (tertiary/aromatic N) is 4. The molecule has 0 unspecified atom stereocenters. The Morgan fingerprint density at radius 1 is 1.03 bits per heavy atom. The highest BCUT2D eigenvalue weighted by Gasteiger charge is 2.23. The lowest BCUT2D eigenvalue weighted by molar-refractivity contribution is 0.0955. The third-order valence-corrected chi connectivity index (χ3v) is 6.19. The molecular formula is C28H34N6O. The summed E-state index contributed by atoms with van der Waals surface area (Å²) in [6.45, 7) is 7.11. The van der Waals surface area contributed by atoms with Crippen LogP contribution in [0.5, 0.6) is 0 Å². The minimum atomic E-state index is -0.247. The lowest BCUT2D eigenvalue weighted by Crippen LogP contribution is -2.25. The average Bonchev–Trinajstić information content (AvgIpc) is 3.13. The number of amides is 1. The van der Waals surface area contributed by atoms with Crippen molar-refractivity contribution in [1.29, 1.82) is 0 Å². The molecule has 35 heavy (non-hydrogen) atoms. The van der Waals surface area contributed by atoms with Gasteiger partial charge in [0.05, 0.1) is 17.2 Å². The first-order valence-electron chi connectivity index (χ1n) is 12.5. The third-order valence-electron chi connectivity index (χ3n) is 6.19. The van der Waals surface area contributed by atoms with E-state index >= 15 is 0 Å². The topological polar surface area (TPSA) is 98.2 Å². The lowest BCUT2D eigenvalue weighted by atomic mass is 10.0. The second-order valence-electron chi connectivity index (χ2n) is 9.19. The van der Waals surface area contributed by atoms with Crippen LogP contribution in [0.1, 0.15) is 80.3 Å². The molecule has 0 fully saturated rings. The number of fused-ring (bicyclic) bond motifs is 2. The molecule has 1 amide bonds. The number of benzene rings is 2. The van der Waals surface area contributed by atoms with Gasteiger partial charge >= 0.3 is 0 Å². The van der Waals surface area contributed by atoms with Crippen LogP contribution in [0.15, 0.2) is 53.6 Å². The number of para-hydroxylation sites is 2. The van der Waals surface area contributed by atoms with E-state index in [4.69, 9.17) is 15.7 Å². The smallest absolute Gasteiger partial charge is 0.257 e. The molecule has 182 valence electrons. The summed E-state index contributed by atoms with van der Waals surface area (Å²) in [5, 5.41) is 7.61. The molecule has 4 rings (SSSR count). The van der Waals surface area contributed by atoms with Gasteiger partial charge in [0.25, 0.3) is 5.91 Å². The second-order valence-corrected chi connectivity index (χ2v) is 9.19. The van der Waals surface area contributed by atoms with Gasteiger partial charge in [0.15, 0.2) is 5.65 Å². The van der Waals surface area contributed by atoms with Crippen LogP contribution in [0.3, 0.4) is 0 Å². The molecular weight excluding hydrogens is 436 g/mol. The number of nitrogen functional groups attached to an aromatic ring is 1. The van der Waals surface area contributed by atoms with Gasteiger partial charge in [-0.2, -0.15) is 9.78 Å². The molecule has 0 radical (unpaired) electrons. The monoisotopic (exact) mass is 470 g/mol. The molecule has 0 bridgehead atoms. The van der Waals surface area contributed by atoms with E-state index in [1.54, 1.807) is 6.21 Å². The molecule has 0 saturated heterocycles. The number of rotatable bonds is 10. The Labute approximate surface area is 206 Å². The summed E-state index contributed by atoms with van der Waals surface area (Å²) in [6.07, 6.45) is 7.34. The SMILES string of the molecule is CCCCCCCNC(=O)c1c(N)n(/N=C\c2ccc(C(C)C)cc2)c2nc3ccccc3nc12. The highest BCUT2D eigenvalue weighted by molar-refractivity contribution is 6.10. The van der Waals surface area contributed by atoms with Crippen LogP contribution < -0.4 is 11.1 Å². The van der Waals surface area contributed by atoms with Crippen molar-refractivity contribution in [3.05, 3.63) is 65.2 Å². The molecule has 4 aromatic rings. The predicted octanol–water partition coefficient (Wildman–Crippen LogP) is 5.87. The summed E-state index contributed by atoms with van der Waals surface area (Å²) in [7, 11) is 0. The van der Waals surface area contributed by atoms with Gasteiger partial charge in [0, 0.05) is 6.54 Å². The number of anilines is 1. The molecule has 2 heterocycles. The summed E-state index contributed by atoms with van der Waals surface area (Å²) in [4.78, 5) is 22.7. The van der Waals surface area contributed by atoms with E-state index in [9.17, 15) is 4.79 Å². The number of hydrogen-bond acceptors (Lipinski definition) is 5. The van der Waals surface area contributed by atoms with Crippen molar-refractivity contribution in [2.75, 3.05) is 12.3 Å². The molecule has 0 aliphatic rings. The largest absolute Gasteiger partial charge is 0.383 e. The van der Waals surface area contributed by atoms with Crippen molar-refractivity contribution >= 4 is 40.1 Å². The number of aromatic nitrogens is 3. The van der Waals surface area contributed by atoms with E-state index in [1.165, 1.54) is 29.5 Å². The highest BCUT2D eigenvalue weighted by atomic mass is 16.1. The Bertz CT molecular complexity index is 1340. The summed E-state index contributed by atoms with van der Waals surface area (Å²) >= 11 is 0. The first-order valence-corrected chi connectivity index (χ1v) is 12.5. The van der Waals surface area contributed by atoms with E-state index in [0.29, 0.717) is 34.7 Å². The zero-order valence-corrected chi connectivity index (χ0v) is 20.8. The fraction of sp³-hybridized carbons (Fsp3) is 0.357. The van der Waals surface area contributed by atoms with E-state index in [1.807, 2.05) is 36.4 Å². The van der Waals surface area contributed by atoms with Crippen LogP contribution in [0.2, 0.25) is 0 Å². The van der Waals surface area contributed by atoms with Crippen LogP contribution in [0.25, 0.3) is 22.2 Å². The van der Waals surface area contributed by atoms with Crippen molar-refractivity contribution < 1.29 is 4.79 Å². The van der Waals surface area contributed by atoms with Gasteiger partial charge in [0.2, 0.25) is 0 Å². The molecule has 0 aliphatic carbocycles. The standard InChI is InChI=1S/C28H34N6O/c1-4-5-6-7-10-17-30-28(35)24-25-27(33-23-12-9-8-11-22(23)32-25)34(26(24)29)31-18-20-13-15-21(16-14-20)19(2)3/h8-9,11-16,18-19H,4-7,10,17,29H2,1-3H3,(H,30,35)/b31-18-. The summed E-state index contributed by atoms with van der Waals surface area (Å²) in [6, 6.07) is 15.8. The quantitative estimate of drug-likeness (QED) is 0.224. The number of carbonyl (C=O) groups is 1. The lowest BCUT2D eigenvalue weighted by Gasteiger charge is -2.06. The van der Waals surface area contributed by atoms with Gasteiger partial charge in [-0.05, 0) is 35.6 Å². The zero-order valence-electron chi connectivity index (χ0n) is 20.8. The number of nitrogens with one attached hydrogen (secondary N) is 1. The van der Waals surface area contributed by atoms with Gasteiger partial charge in [-0.25, -0.2) is 9.97 Å². The van der Waals surface area contributed by atoms with Crippen molar-refractivity contribution in [2.45, 2.75) is 58.8 Å². The minimum absolute atomic E-state index is 0.230. The van der Waals surface area contributed by atoms with E-state index in [2.05, 4.69) is 43.3 Å². The first kappa shape index (κ1) is 24.4. The summed E-state index contributed by atoms with van der Waals surface area (Å²) in [5.74, 6) is 0.443. The maximum atomic E-state index is 13.2. The van der Waals surface area contributed by atoms with Crippen LogP contribution in [-0.4, -0.2) is 33.3 Å². The predicted molar refractivity (Wildman–Crippen MR) is 144 cm³/mol. The van der Waals surface area contributed by atoms with E-state index in [0.717, 1.165) is 23.9 Å². The van der Waals surface area contributed by atoms with E-state index in [-0.39, 0.29) is 11.7 Å². The van der Waals surface area contributed by atoms with Crippen molar-refractivity contribution in [3.63, 3.8) is 0 Å². The third kappa shape index (κ3) is 5.50. The fourth-order valence-electron chi connectivity index (χ4n) is 4.10. The Hall–Kier alpha value is -3.74. The Morgan fingerprint density at radius 2 is 1.71 bits per heavy atom. The maximum Gasteiger partial charge on any atom is 0.257 e. The number of nitrogens with two attached hydrogens (primary N) is 1. The molecule has 0 aliphatic heterocycles. The number of unbranched alkanes of at least 4 members (excludes halogenated alkanes) is 4.